The number of nitrogens with zero attached hydrogens (tertiary/aromatic N) is 6. The van der Waals surface area contributed by atoms with Crippen molar-refractivity contribution < 1.29 is 44.6 Å². The summed E-state index contributed by atoms with van der Waals surface area (Å²) in [6.45, 7) is 2.45. The van der Waals surface area contributed by atoms with Gasteiger partial charge in [-0.3, -0.25) is 4.57 Å². The summed E-state index contributed by atoms with van der Waals surface area (Å²) in [4.78, 5) is 28.1. The first-order valence-electron chi connectivity index (χ1n) is 13.9. The van der Waals surface area contributed by atoms with E-state index in [1.807, 2.05) is 43.3 Å². The number of tetrazole rings is 1. The van der Waals surface area contributed by atoms with E-state index in [0.29, 0.717) is 34.8 Å². The Morgan fingerprint density at radius 1 is 0.911 bits per heavy atom. The Hall–Kier alpha value is -5.22. The molecule has 0 bridgehead atoms. The molecule has 0 saturated carbocycles. The molecule has 1 aliphatic rings. The standard InChI is InChI=1S/C30H28N6O9/c1-2-44-30-31-20-9-5-8-19(28(40)41)21(20)35(30)14-15-10-12-16(13-11-15)17-6-3-4-7-18(17)26-32-33-34-36(26)27-24(39)22(37)23(38)25(45-27)29(42)43/h3-13,22-25,27,37-39H,2,14H2,1H3,(H,40,41)(H,42,43)/t22-,23-,24-,25+,27+/m1/s1. The first-order chi connectivity index (χ1) is 21.7. The van der Waals surface area contributed by atoms with E-state index in [0.717, 1.165) is 15.8 Å². The van der Waals surface area contributed by atoms with E-state index in [9.17, 15) is 35.1 Å². The summed E-state index contributed by atoms with van der Waals surface area (Å²) in [6, 6.07) is 19.8. The number of hydrogen-bond acceptors (Lipinski definition) is 11. The Morgan fingerprint density at radius 3 is 2.33 bits per heavy atom. The largest absolute Gasteiger partial charge is 0.479 e. The van der Waals surface area contributed by atoms with E-state index in [-0.39, 0.29) is 17.9 Å². The van der Waals surface area contributed by atoms with Crippen LogP contribution < -0.4 is 4.74 Å². The molecule has 0 amide bonds. The predicted octanol–water partition coefficient (Wildman–Crippen LogP) is 1.57. The van der Waals surface area contributed by atoms with Gasteiger partial charge < -0.3 is 35.0 Å². The van der Waals surface area contributed by atoms with Crippen molar-refractivity contribution in [2.45, 2.75) is 44.1 Å². The van der Waals surface area contributed by atoms with Gasteiger partial charge in [-0.15, -0.1) is 5.10 Å². The van der Waals surface area contributed by atoms with Gasteiger partial charge in [0.1, 0.15) is 18.3 Å². The van der Waals surface area contributed by atoms with Gasteiger partial charge in [-0.2, -0.15) is 9.67 Å². The lowest BCUT2D eigenvalue weighted by Crippen LogP contribution is -2.58. The topological polar surface area (TPSA) is 215 Å². The van der Waals surface area contributed by atoms with Crippen LogP contribution in [0.5, 0.6) is 6.01 Å². The number of aliphatic hydroxyl groups is 3. The third kappa shape index (κ3) is 5.38. The summed E-state index contributed by atoms with van der Waals surface area (Å²) >= 11 is 0. The average molecular weight is 617 g/mol. The minimum Gasteiger partial charge on any atom is -0.479 e. The third-order valence-electron chi connectivity index (χ3n) is 7.57. The van der Waals surface area contributed by atoms with Crippen LogP contribution >= 0.6 is 0 Å². The second-order valence-electron chi connectivity index (χ2n) is 10.3. The second kappa shape index (κ2) is 12.0. The molecule has 1 aliphatic heterocycles. The first-order valence-corrected chi connectivity index (χ1v) is 13.9. The number of benzene rings is 3. The van der Waals surface area contributed by atoms with Crippen molar-refractivity contribution in [3.05, 3.63) is 77.9 Å². The van der Waals surface area contributed by atoms with E-state index in [2.05, 4.69) is 20.5 Å². The van der Waals surface area contributed by atoms with Crippen LogP contribution in [0, 0.1) is 0 Å². The Kier molecular flexibility index (Phi) is 7.99. The van der Waals surface area contributed by atoms with Crippen LogP contribution in [-0.4, -0.2) is 98.3 Å². The molecule has 15 nitrogen and oxygen atoms in total. The zero-order chi connectivity index (χ0) is 31.8. The molecule has 0 radical (unpaired) electrons. The number of imidazole rings is 1. The molecular formula is C30H28N6O9. The van der Waals surface area contributed by atoms with Crippen molar-refractivity contribution in [3.8, 4) is 28.5 Å². The van der Waals surface area contributed by atoms with Crippen molar-refractivity contribution in [3.63, 3.8) is 0 Å². The molecule has 0 aliphatic carbocycles. The van der Waals surface area contributed by atoms with Gasteiger partial charge in [-0.05, 0) is 46.2 Å². The number of fused-ring (bicyclic) bond motifs is 1. The van der Waals surface area contributed by atoms with Gasteiger partial charge in [0.2, 0.25) is 0 Å². The minimum absolute atomic E-state index is 0.109. The number of hydrogen-bond donors (Lipinski definition) is 5. The van der Waals surface area contributed by atoms with Crippen molar-refractivity contribution in [1.29, 1.82) is 0 Å². The summed E-state index contributed by atoms with van der Waals surface area (Å²) in [6.07, 6.45) is -8.75. The predicted molar refractivity (Wildman–Crippen MR) is 155 cm³/mol. The third-order valence-corrected chi connectivity index (χ3v) is 7.57. The molecule has 3 aromatic carbocycles. The minimum atomic E-state index is -1.86. The Balaban J connectivity index is 1.34. The van der Waals surface area contributed by atoms with Gasteiger partial charge in [0.05, 0.1) is 29.7 Å². The smallest absolute Gasteiger partial charge is 0.337 e. The highest BCUT2D eigenvalue weighted by Gasteiger charge is 2.48. The van der Waals surface area contributed by atoms with Crippen LogP contribution in [0.1, 0.15) is 29.1 Å². The molecule has 1 saturated heterocycles. The number of aliphatic hydroxyl groups excluding tert-OH is 3. The van der Waals surface area contributed by atoms with Crippen LogP contribution in [-0.2, 0) is 16.1 Å². The van der Waals surface area contributed by atoms with Gasteiger partial charge in [-0.25, -0.2) is 9.59 Å². The fourth-order valence-corrected chi connectivity index (χ4v) is 5.43. The Bertz CT molecular complexity index is 1870. The highest BCUT2D eigenvalue weighted by molar-refractivity contribution is 6.01. The molecule has 1 fully saturated rings. The summed E-state index contributed by atoms with van der Waals surface area (Å²) in [5.74, 6) is -2.47. The number of aromatic nitrogens is 6. The monoisotopic (exact) mass is 616 g/mol. The van der Waals surface area contributed by atoms with Gasteiger partial charge in [0.15, 0.2) is 18.2 Å². The van der Waals surface area contributed by atoms with Crippen molar-refractivity contribution in [2.24, 2.45) is 0 Å². The molecule has 5 aromatic rings. The molecular weight excluding hydrogens is 588 g/mol. The number of carboxylic acids is 2. The number of aliphatic carboxylic acids is 1. The summed E-state index contributed by atoms with van der Waals surface area (Å²) in [5, 5.41) is 62.0. The van der Waals surface area contributed by atoms with Crippen molar-refractivity contribution >= 4 is 23.0 Å². The van der Waals surface area contributed by atoms with Crippen LogP contribution in [0.25, 0.3) is 33.5 Å². The summed E-state index contributed by atoms with van der Waals surface area (Å²) in [7, 11) is 0. The summed E-state index contributed by atoms with van der Waals surface area (Å²) < 4.78 is 14.0. The van der Waals surface area contributed by atoms with E-state index in [4.69, 9.17) is 9.47 Å². The highest BCUT2D eigenvalue weighted by Crippen LogP contribution is 2.35. The molecule has 2 aromatic heterocycles. The summed E-state index contributed by atoms with van der Waals surface area (Å²) in [5.41, 5.74) is 3.88. The normalized spacial score (nSPS) is 21.6. The molecule has 5 atom stereocenters. The van der Waals surface area contributed by atoms with E-state index < -0.39 is 42.6 Å². The number of para-hydroxylation sites is 1. The molecule has 45 heavy (non-hydrogen) atoms. The maximum absolute atomic E-state index is 12.0. The maximum atomic E-state index is 12.0. The lowest BCUT2D eigenvalue weighted by molar-refractivity contribution is -0.249. The van der Waals surface area contributed by atoms with Gasteiger partial charge in [0.25, 0.3) is 6.01 Å². The van der Waals surface area contributed by atoms with E-state index in [1.54, 1.807) is 28.8 Å². The Labute approximate surface area is 254 Å². The fourth-order valence-electron chi connectivity index (χ4n) is 5.43. The average Bonchev–Trinajstić information content (AvgIpc) is 3.65. The number of rotatable bonds is 9. The Morgan fingerprint density at radius 2 is 1.64 bits per heavy atom. The maximum Gasteiger partial charge on any atom is 0.337 e. The SMILES string of the molecule is CCOc1nc2cccc(C(=O)O)c2n1Cc1ccc(-c2ccccc2-c2nnnn2[C@H]2O[C@H](C(=O)O)[C@H](O)[C@@H](O)[C@H]2O)cc1. The van der Waals surface area contributed by atoms with E-state index >= 15 is 0 Å². The second-order valence-corrected chi connectivity index (χ2v) is 10.3. The molecule has 6 rings (SSSR count). The first kappa shape index (κ1) is 29.8. The zero-order valence-electron chi connectivity index (χ0n) is 23.7. The molecule has 0 spiro atoms. The molecule has 232 valence electrons. The van der Waals surface area contributed by atoms with Crippen LogP contribution in [0.4, 0.5) is 0 Å². The molecule has 0 unspecified atom stereocenters. The van der Waals surface area contributed by atoms with Crippen LogP contribution in [0.3, 0.4) is 0 Å². The lowest BCUT2D eigenvalue weighted by Gasteiger charge is -2.38. The molecule has 15 heteroatoms. The van der Waals surface area contributed by atoms with Gasteiger partial charge in [-0.1, -0.05) is 54.6 Å². The van der Waals surface area contributed by atoms with Gasteiger partial charge in [0, 0.05) is 5.56 Å². The lowest BCUT2D eigenvalue weighted by atomic mass is 9.96. The number of carboxylic acid groups (broad SMARTS) is 2. The number of ether oxygens (including phenoxy) is 2. The zero-order valence-corrected chi connectivity index (χ0v) is 23.7. The quantitative estimate of drug-likeness (QED) is 0.159. The molecule has 3 heterocycles. The molecule has 5 N–H and O–H groups in total. The van der Waals surface area contributed by atoms with Crippen molar-refractivity contribution in [1.82, 2.24) is 29.8 Å². The van der Waals surface area contributed by atoms with Gasteiger partial charge >= 0.3 is 11.9 Å². The van der Waals surface area contributed by atoms with Crippen LogP contribution in [0.15, 0.2) is 66.7 Å². The number of aromatic carboxylic acids is 1. The fraction of sp³-hybridized carbons (Fsp3) is 0.267. The number of carbonyl (C=O) groups is 2. The highest BCUT2D eigenvalue weighted by atomic mass is 16.6. The van der Waals surface area contributed by atoms with Crippen molar-refractivity contribution in [2.75, 3.05) is 6.61 Å². The van der Waals surface area contributed by atoms with Crippen LogP contribution in [0.2, 0.25) is 0 Å². The van der Waals surface area contributed by atoms with E-state index in [1.165, 1.54) is 6.07 Å².